The van der Waals surface area contributed by atoms with E-state index >= 15 is 0 Å². The summed E-state index contributed by atoms with van der Waals surface area (Å²) in [4.78, 5) is 45.9. The molecule has 0 saturated heterocycles. The number of unbranched alkanes of at least 4 members (excludes halogenated alkanes) is 19. The van der Waals surface area contributed by atoms with Crippen LogP contribution in [0.15, 0.2) is 48.6 Å². The highest BCUT2D eigenvalue weighted by Gasteiger charge is 2.28. The molecule has 4 N–H and O–H groups in total. The van der Waals surface area contributed by atoms with Gasteiger partial charge in [0.25, 0.3) is 0 Å². The van der Waals surface area contributed by atoms with Crippen molar-refractivity contribution in [3.63, 3.8) is 0 Å². The number of aliphatic carboxylic acids is 1. The molecule has 0 aliphatic rings. The van der Waals surface area contributed by atoms with E-state index in [1.807, 2.05) is 0 Å². The molecule has 0 saturated carbocycles. The number of rotatable bonds is 41. The molecule has 0 aromatic carbocycles. The Kier molecular flexibility index (Phi) is 38.4. The molecule has 0 bridgehead atoms. The second-order valence-electron chi connectivity index (χ2n) is 14.9. The molecule has 0 aromatic rings. The monoisotopic (exact) mass is 826 g/mol. The van der Waals surface area contributed by atoms with Crippen molar-refractivity contribution in [3.05, 3.63) is 48.6 Å². The van der Waals surface area contributed by atoms with Crippen molar-refractivity contribution < 1.29 is 47.8 Å². The molecule has 0 aliphatic carbocycles. The van der Waals surface area contributed by atoms with Gasteiger partial charge in [-0.1, -0.05) is 165 Å². The maximum absolute atomic E-state index is 12.3. The standard InChI is InChI=1S/C45H80NO10P/c1-3-5-7-9-11-13-15-17-18-19-20-21-22-23-24-25-26-28-30-32-34-36-43(48)46-42(45(50)51)40-56-57(52,53)55-39-41(47)38-54-44(49)37-35-33-31-29-27-16-14-12-10-8-6-4-2/h11,13,17-18,20-21,23-24,41-42,47H,3-10,12,14-16,19,22,25-40H2,1-2H3,(H,46,48)(H,50,51)(H,52,53)/b13-11-,18-17-,21-20-,24-23-. The van der Waals surface area contributed by atoms with Gasteiger partial charge in [-0.25, -0.2) is 9.36 Å². The van der Waals surface area contributed by atoms with Crippen LogP contribution in [0, 0.1) is 0 Å². The second kappa shape index (κ2) is 40.2. The van der Waals surface area contributed by atoms with E-state index in [2.05, 4.69) is 67.8 Å². The minimum atomic E-state index is -4.76. The zero-order chi connectivity index (χ0) is 42.1. The first-order chi connectivity index (χ1) is 27.6. The Bertz CT molecular complexity index is 1150. The van der Waals surface area contributed by atoms with E-state index in [9.17, 15) is 34.1 Å². The average molecular weight is 826 g/mol. The molecule has 0 rings (SSSR count). The van der Waals surface area contributed by atoms with E-state index in [1.54, 1.807) is 0 Å². The van der Waals surface area contributed by atoms with Gasteiger partial charge in [0.15, 0.2) is 6.04 Å². The summed E-state index contributed by atoms with van der Waals surface area (Å²) < 4.78 is 26.8. The van der Waals surface area contributed by atoms with E-state index in [0.717, 1.165) is 70.6 Å². The van der Waals surface area contributed by atoms with Gasteiger partial charge < -0.3 is 25.2 Å². The number of allylic oxidation sites excluding steroid dienone is 8. The van der Waals surface area contributed by atoms with Crippen LogP contribution < -0.4 is 5.32 Å². The number of amides is 1. The number of nitrogens with one attached hydrogen (secondary N) is 1. The highest BCUT2D eigenvalue weighted by Crippen LogP contribution is 2.43. The average Bonchev–Trinajstić information content (AvgIpc) is 3.18. The quantitative estimate of drug-likeness (QED) is 0.0201. The number of phosphoric acid groups is 1. The van der Waals surface area contributed by atoms with E-state index in [0.29, 0.717) is 12.8 Å². The number of aliphatic hydroxyl groups is 1. The van der Waals surface area contributed by atoms with E-state index in [-0.39, 0.29) is 12.8 Å². The molecule has 3 unspecified atom stereocenters. The fourth-order valence-electron chi connectivity index (χ4n) is 5.89. The zero-order valence-electron chi connectivity index (χ0n) is 35.6. The van der Waals surface area contributed by atoms with Crippen molar-refractivity contribution in [2.24, 2.45) is 0 Å². The number of carbonyl (C=O) groups excluding carboxylic acids is 2. The number of hydrogen-bond acceptors (Lipinski definition) is 8. The van der Waals surface area contributed by atoms with Crippen molar-refractivity contribution in [2.75, 3.05) is 19.8 Å². The van der Waals surface area contributed by atoms with Crippen LogP contribution in [0.5, 0.6) is 0 Å². The van der Waals surface area contributed by atoms with Gasteiger partial charge in [0.1, 0.15) is 12.7 Å². The minimum absolute atomic E-state index is 0.123. The van der Waals surface area contributed by atoms with E-state index in [1.165, 1.54) is 77.0 Å². The highest BCUT2D eigenvalue weighted by molar-refractivity contribution is 7.47. The SMILES string of the molecule is CCCCC/C=C\C/C=C\C/C=C\C/C=C\CCCCCCCC(=O)NC(COP(=O)(O)OCC(O)COC(=O)CCCCCCCCCCCCCC)C(=O)O. The second-order valence-corrected chi connectivity index (χ2v) is 16.3. The Morgan fingerprint density at radius 3 is 1.47 bits per heavy atom. The Morgan fingerprint density at radius 1 is 0.561 bits per heavy atom. The maximum Gasteiger partial charge on any atom is 0.472 e. The van der Waals surface area contributed by atoms with Gasteiger partial charge >= 0.3 is 19.8 Å². The Morgan fingerprint density at radius 2 is 0.965 bits per heavy atom. The van der Waals surface area contributed by atoms with Crippen LogP contribution in [0.1, 0.15) is 187 Å². The van der Waals surface area contributed by atoms with Crippen molar-refractivity contribution >= 4 is 25.7 Å². The Labute approximate surface area is 345 Å². The third-order valence-corrected chi connectivity index (χ3v) is 10.3. The zero-order valence-corrected chi connectivity index (χ0v) is 36.5. The summed E-state index contributed by atoms with van der Waals surface area (Å²) in [6, 6.07) is -1.56. The number of hydrogen-bond donors (Lipinski definition) is 4. The number of carboxylic acid groups (broad SMARTS) is 1. The van der Waals surface area contributed by atoms with Crippen molar-refractivity contribution in [3.8, 4) is 0 Å². The van der Waals surface area contributed by atoms with Crippen LogP contribution in [-0.2, 0) is 32.7 Å². The summed E-state index contributed by atoms with van der Waals surface area (Å²) in [7, 11) is -4.76. The molecule has 11 nitrogen and oxygen atoms in total. The molecular formula is C45H80NO10P. The first-order valence-electron chi connectivity index (χ1n) is 22.2. The van der Waals surface area contributed by atoms with Crippen LogP contribution in [0.4, 0.5) is 0 Å². The fraction of sp³-hybridized carbons (Fsp3) is 0.756. The topological polar surface area (TPSA) is 169 Å². The lowest BCUT2D eigenvalue weighted by Gasteiger charge is -2.18. The van der Waals surface area contributed by atoms with Crippen LogP contribution in [0.2, 0.25) is 0 Å². The van der Waals surface area contributed by atoms with E-state index in [4.69, 9.17) is 13.8 Å². The molecule has 0 fully saturated rings. The molecule has 3 atom stereocenters. The van der Waals surface area contributed by atoms with Crippen LogP contribution >= 0.6 is 7.82 Å². The summed E-state index contributed by atoms with van der Waals surface area (Å²) in [6.45, 7) is 2.54. The van der Waals surface area contributed by atoms with Crippen molar-refractivity contribution in [1.82, 2.24) is 5.32 Å². The molecule has 57 heavy (non-hydrogen) atoms. The molecule has 0 aromatic heterocycles. The third-order valence-electron chi connectivity index (χ3n) is 9.37. The van der Waals surface area contributed by atoms with Gasteiger partial charge in [-0.05, 0) is 57.8 Å². The number of aliphatic hydroxyl groups excluding tert-OH is 1. The van der Waals surface area contributed by atoms with Crippen LogP contribution in [0.3, 0.4) is 0 Å². The van der Waals surface area contributed by atoms with Gasteiger partial charge in [0, 0.05) is 12.8 Å². The Hall–Kier alpha value is -2.56. The van der Waals surface area contributed by atoms with Gasteiger partial charge in [-0.3, -0.25) is 18.6 Å². The minimum Gasteiger partial charge on any atom is -0.480 e. The lowest BCUT2D eigenvalue weighted by atomic mass is 10.0. The number of phosphoric ester groups is 1. The molecule has 1 amide bonds. The summed E-state index contributed by atoms with van der Waals surface area (Å²) in [6.07, 6.45) is 44.2. The summed E-state index contributed by atoms with van der Waals surface area (Å²) in [5.74, 6) is -2.40. The predicted molar refractivity (Wildman–Crippen MR) is 231 cm³/mol. The molecule has 330 valence electrons. The molecule has 12 heteroatoms. The third kappa shape index (κ3) is 40.0. The Balaban J connectivity index is 3.95. The molecule has 0 radical (unpaired) electrons. The van der Waals surface area contributed by atoms with Gasteiger partial charge in [-0.15, -0.1) is 0 Å². The summed E-state index contributed by atoms with van der Waals surface area (Å²) in [5.41, 5.74) is 0. The van der Waals surface area contributed by atoms with Gasteiger partial charge in [0.05, 0.1) is 13.2 Å². The first kappa shape index (κ1) is 54.4. The van der Waals surface area contributed by atoms with Gasteiger partial charge in [-0.2, -0.15) is 0 Å². The number of carbonyl (C=O) groups is 3. The van der Waals surface area contributed by atoms with Crippen molar-refractivity contribution in [1.29, 1.82) is 0 Å². The number of esters is 1. The molecule has 0 spiro atoms. The molecule has 0 heterocycles. The largest absolute Gasteiger partial charge is 0.480 e. The van der Waals surface area contributed by atoms with Crippen LogP contribution in [-0.4, -0.2) is 64.9 Å². The lowest BCUT2D eigenvalue weighted by Crippen LogP contribution is -2.43. The fourth-order valence-corrected chi connectivity index (χ4v) is 6.66. The normalized spacial score (nSPS) is 14.2. The van der Waals surface area contributed by atoms with E-state index < -0.39 is 57.6 Å². The first-order valence-corrected chi connectivity index (χ1v) is 23.7. The molecule has 0 aliphatic heterocycles. The summed E-state index contributed by atoms with van der Waals surface area (Å²) in [5, 5.41) is 21.8. The lowest BCUT2D eigenvalue weighted by molar-refractivity contribution is -0.147. The predicted octanol–water partition coefficient (Wildman–Crippen LogP) is 11.4. The van der Waals surface area contributed by atoms with Crippen molar-refractivity contribution in [2.45, 2.75) is 199 Å². The van der Waals surface area contributed by atoms with Crippen LogP contribution in [0.25, 0.3) is 0 Å². The van der Waals surface area contributed by atoms with Gasteiger partial charge in [0.2, 0.25) is 5.91 Å². The maximum atomic E-state index is 12.3. The number of carboxylic acids is 1. The summed E-state index contributed by atoms with van der Waals surface area (Å²) >= 11 is 0. The number of ether oxygens (including phenoxy) is 1. The smallest absolute Gasteiger partial charge is 0.472 e. The molecular weight excluding hydrogens is 745 g/mol. The highest BCUT2D eigenvalue weighted by atomic mass is 31.2.